The van der Waals surface area contributed by atoms with Gasteiger partial charge in [0, 0.05) is 12.7 Å². The first-order valence-corrected chi connectivity index (χ1v) is 5.97. The topological polar surface area (TPSA) is 65.5 Å². The number of rotatable bonds is 1. The number of carbonyl (C=O) groups excluding carboxylic acids is 1. The molecule has 0 spiro atoms. The van der Waals surface area contributed by atoms with Crippen molar-refractivity contribution < 1.29 is 9.90 Å². The molecule has 0 saturated carbocycles. The van der Waals surface area contributed by atoms with Gasteiger partial charge in [0.2, 0.25) is 5.91 Å². The van der Waals surface area contributed by atoms with E-state index in [9.17, 15) is 4.79 Å². The molecule has 0 radical (unpaired) electrons. The Bertz CT molecular complexity index is 461. The third-order valence-electron chi connectivity index (χ3n) is 3.44. The minimum Gasteiger partial charge on any atom is -0.392 e. The molecule has 0 aromatic carbocycles. The zero-order chi connectivity index (χ0) is 11.8. The second-order valence-corrected chi connectivity index (χ2v) is 4.57. The van der Waals surface area contributed by atoms with E-state index in [0.29, 0.717) is 0 Å². The molecule has 1 amide bonds. The quantitative estimate of drug-likeness (QED) is 0.756. The maximum atomic E-state index is 11.9. The van der Waals surface area contributed by atoms with Crippen LogP contribution in [0.15, 0.2) is 12.3 Å². The number of hydrogen-bond donors (Lipinski definition) is 2. The van der Waals surface area contributed by atoms with Gasteiger partial charge in [-0.25, -0.2) is 4.98 Å². The van der Waals surface area contributed by atoms with Gasteiger partial charge in [-0.1, -0.05) is 0 Å². The van der Waals surface area contributed by atoms with Crippen LogP contribution in [0.5, 0.6) is 0 Å². The number of hydrogen-bond acceptors (Lipinski definition) is 4. The Balaban J connectivity index is 2.02. The molecule has 3 rings (SSSR count). The molecule has 1 saturated heterocycles. The molecule has 1 fully saturated rings. The van der Waals surface area contributed by atoms with Crippen LogP contribution in [-0.4, -0.2) is 28.6 Å². The third kappa shape index (κ3) is 1.67. The fraction of sp³-hybridized carbons (Fsp3) is 0.500. The predicted molar refractivity (Wildman–Crippen MR) is 63.8 cm³/mol. The largest absolute Gasteiger partial charge is 0.392 e. The SMILES string of the molecule is O=C1Nc2cc(CO)cnc2N2CCCC[C@H]12. The fourth-order valence-electron chi connectivity index (χ4n) is 2.58. The van der Waals surface area contributed by atoms with Gasteiger partial charge in [-0.2, -0.15) is 0 Å². The first-order valence-electron chi connectivity index (χ1n) is 5.97. The number of pyridine rings is 1. The number of aliphatic hydroxyl groups excluding tert-OH is 1. The second kappa shape index (κ2) is 4.00. The van der Waals surface area contributed by atoms with Gasteiger partial charge in [0.15, 0.2) is 5.82 Å². The van der Waals surface area contributed by atoms with Crippen molar-refractivity contribution in [2.24, 2.45) is 0 Å². The molecule has 3 heterocycles. The van der Waals surface area contributed by atoms with Crippen molar-refractivity contribution in [3.63, 3.8) is 0 Å². The fourth-order valence-corrected chi connectivity index (χ4v) is 2.58. The average Bonchev–Trinajstić information content (AvgIpc) is 2.38. The summed E-state index contributed by atoms with van der Waals surface area (Å²) >= 11 is 0. The van der Waals surface area contributed by atoms with Gasteiger partial charge in [0.1, 0.15) is 6.04 Å². The van der Waals surface area contributed by atoms with Crippen LogP contribution in [0.3, 0.4) is 0 Å². The maximum absolute atomic E-state index is 11.9. The summed E-state index contributed by atoms with van der Waals surface area (Å²) < 4.78 is 0. The molecule has 0 unspecified atom stereocenters. The van der Waals surface area contributed by atoms with Crippen molar-refractivity contribution in [1.29, 1.82) is 0 Å². The highest BCUT2D eigenvalue weighted by Gasteiger charge is 2.35. The molecule has 5 nitrogen and oxygen atoms in total. The monoisotopic (exact) mass is 233 g/mol. The Hall–Kier alpha value is -1.62. The Morgan fingerprint density at radius 3 is 3.24 bits per heavy atom. The molecule has 1 atom stereocenters. The van der Waals surface area contributed by atoms with Crippen LogP contribution in [0, 0.1) is 0 Å². The molecule has 90 valence electrons. The molecule has 0 aliphatic carbocycles. The summed E-state index contributed by atoms with van der Waals surface area (Å²) in [7, 11) is 0. The number of anilines is 2. The van der Waals surface area contributed by atoms with Crippen molar-refractivity contribution in [2.75, 3.05) is 16.8 Å². The highest BCUT2D eigenvalue weighted by Crippen LogP contribution is 2.34. The number of amides is 1. The van der Waals surface area contributed by atoms with E-state index in [1.165, 1.54) is 0 Å². The van der Waals surface area contributed by atoms with Gasteiger partial charge in [0.25, 0.3) is 0 Å². The van der Waals surface area contributed by atoms with Gasteiger partial charge >= 0.3 is 0 Å². The number of carbonyl (C=O) groups is 1. The van der Waals surface area contributed by atoms with E-state index in [2.05, 4.69) is 15.2 Å². The summed E-state index contributed by atoms with van der Waals surface area (Å²) in [6, 6.07) is 1.73. The Labute approximate surface area is 99.5 Å². The molecular formula is C12H15N3O2. The van der Waals surface area contributed by atoms with E-state index < -0.39 is 0 Å². The number of aromatic nitrogens is 1. The molecular weight excluding hydrogens is 218 g/mol. The lowest BCUT2D eigenvalue weighted by Gasteiger charge is -2.40. The third-order valence-corrected chi connectivity index (χ3v) is 3.44. The lowest BCUT2D eigenvalue weighted by atomic mass is 9.99. The first kappa shape index (κ1) is 10.5. The predicted octanol–water partition coefficient (Wildman–Crippen LogP) is 0.885. The lowest BCUT2D eigenvalue weighted by molar-refractivity contribution is -0.118. The van der Waals surface area contributed by atoms with Gasteiger partial charge in [0.05, 0.1) is 12.3 Å². The van der Waals surface area contributed by atoms with Crippen LogP contribution in [0.2, 0.25) is 0 Å². The summed E-state index contributed by atoms with van der Waals surface area (Å²) in [5.74, 6) is 0.889. The minimum absolute atomic E-state index is 0.0501. The van der Waals surface area contributed by atoms with E-state index in [1.54, 1.807) is 12.3 Å². The highest BCUT2D eigenvalue weighted by atomic mass is 16.3. The minimum atomic E-state index is -0.0660. The molecule has 1 aromatic heterocycles. The number of nitrogens with zero attached hydrogens (tertiary/aromatic N) is 2. The van der Waals surface area contributed by atoms with Gasteiger partial charge in [-0.15, -0.1) is 0 Å². The average molecular weight is 233 g/mol. The molecule has 2 N–H and O–H groups in total. The number of fused-ring (bicyclic) bond motifs is 3. The standard InChI is InChI=1S/C12H15N3O2/c16-7-8-5-9-11(13-6-8)15-4-2-1-3-10(15)12(17)14-9/h5-6,10,16H,1-4,7H2,(H,14,17)/t10-/m1/s1. The Kier molecular flexibility index (Phi) is 2.48. The van der Waals surface area contributed by atoms with E-state index in [0.717, 1.165) is 42.9 Å². The van der Waals surface area contributed by atoms with Crippen molar-refractivity contribution in [2.45, 2.75) is 31.9 Å². The lowest BCUT2D eigenvalue weighted by Crippen LogP contribution is -2.51. The summed E-state index contributed by atoms with van der Waals surface area (Å²) in [6.07, 6.45) is 4.77. The summed E-state index contributed by atoms with van der Waals surface area (Å²) in [6.45, 7) is 0.830. The molecule has 17 heavy (non-hydrogen) atoms. The molecule has 2 aliphatic heterocycles. The molecule has 0 bridgehead atoms. The van der Waals surface area contributed by atoms with Crippen molar-refractivity contribution in [3.8, 4) is 0 Å². The summed E-state index contributed by atoms with van der Waals surface area (Å²) in [5.41, 5.74) is 1.44. The number of nitrogens with one attached hydrogen (secondary N) is 1. The van der Waals surface area contributed by atoms with E-state index in [4.69, 9.17) is 5.11 Å². The molecule has 1 aromatic rings. The van der Waals surface area contributed by atoms with E-state index >= 15 is 0 Å². The number of piperidine rings is 1. The number of aliphatic hydroxyl groups is 1. The normalized spacial score (nSPS) is 22.8. The van der Waals surface area contributed by atoms with Crippen LogP contribution in [-0.2, 0) is 11.4 Å². The zero-order valence-corrected chi connectivity index (χ0v) is 9.52. The van der Waals surface area contributed by atoms with Crippen LogP contribution < -0.4 is 10.2 Å². The molecule has 5 heteroatoms. The van der Waals surface area contributed by atoms with Crippen molar-refractivity contribution in [3.05, 3.63) is 17.8 Å². The van der Waals surface area contributed by atoms with Crippen LogP contribution >= 0.6 is 0 Å². The van der Waals surface area contributed by atoms with Crippen molar-refractivity contribution in [1.82, 2.24) is 4.98 Å². The van der Waals surface area contributed by atoms with Crippen LogP contribution in [0.4, 0.5) is 11.5 Å². The van der Waals surface area contributed by atoms with Crippen LogP contribution in [0.25, 0.3) is 0 Å². The van der Waals surface area contributed by atoms with Crippen LogP contribution in [0.1, 0.15) is 24.8 Å². The summed E-state index contributed by atoms with van der Waals surface area (Å²) in [4.78, 5) is 18.4. The highest BCUT2D eigenvalue weighted by molar-refractivity contribution is 6.02. The Morgan fingerprint density at radius 1 is 1.53 bits per heavy atom. The van der Waals surface area contributed by atoms with Gasteiger partial charge in [-0.05, 0) is 30.9 Å². The second-order valence-electron chi connectivity index (χ2n) is 4.57. The zero-order valence-electron chi connectivity index (χ0n) is 9.52. The van der Waals surface area contributed by atoms with Crippen molar-refractivity contribution >= 4 is 17.4 Å². The smallest absolute Gasteiger partial charge is 0.247 e. The van der Waals surface area contributed by atoms with E-state index in [1.807, 2.05) is 0 Å². The summed E-state index contributed by atoms with van der Waals surface area (Å²) in [5, 5.41) is 12.0. The maximum Gasteiger partial charge on any atom is 0.247 e. The first-order chi connectivity index (χ1) is 8.29. The van der Waals surface area contributed by atoms with E-state index in [-0.39, 0.29) is 18.6 Å². The Morgan fingerprint density at radius 2 is 2.41 bits per heavy atom. The van der Waals surface area contributed by atoms with Gasteiger partial charge in [-0.3, -0.25) is 4.79 Å². The molecule has 2 aliphatic rings. The van der Waals surface area contributed by atoms with Gasteiger partial charge < -0.3 is 15.3 Å².